The monoisotopic (exact) mass is 405 g/mol. The fourth-order valence-corrected chi connectivity index (χ4v) is 2.86. The van der Waals surface area contributed by atoms with Gasteiger partial charge in [-0.1, -0.05) is 18.2 Å². The van der Waals surface area contributed by atoms with Crippen LogP contribution in [0.4, 0.5) is 13.2 Å². The number of nitrogens with one attached hydrogen (secondary N) is 1. The third-order valence-electron chi connectivity index (χ3n) is 4.25. The second-order valence-electron chi connectivity index (χ2n) is 6.07. The fraction of sp³-hybridized carbons (Fsp3) is 0.200. The van der Waals surface area contributed by atoms with E-state index in [4.69, 9.17) is 4.74 Å². The van der Waals surface area contributed by atoms with Crippen molar-refractivity contribution in [3.8, 4) is 11.5 Å². The Balaban J connectivity index is 1.93. The van der Waals surface area contributed by atoms with E-state index in [9.17, 15) is 18.0 Å². The SMILES string of the molecule is COc1cc(C(=O)NC(c2ccccc2F)c2nccn2C)ccc1OC(F)F. The van der Waals surface area contributed by atoms with Crippen molar-refractivity contribution in [2.75, 3.05) is 7.11 Å². The van der Waals surface area contributed by atoms with Crippen LogP contribution in [-0.4, -0.2) is 29.2 Å². The summed E-state index contributed by atoms with van der Waals surface area (Å²) in [5.74, 6) is -0.874. The van der Waals surface area contributed by atoms with Crippen LogP contribution in [0.3, 0.4) is 0 Å². The molecule has 1 heterocycles. The Kier molecular flexibility index (Phi) is 6.06. The van der Waals surface area contributed by atoms with Crippen LogP contribution in [0.5, 0.6) is 11.5 Å². The molecular weight excluding hydrogens is 387 g/mol. The first-order valence-electron chi connectivity index (χ1n) is 8.56. The minimum atomic E-state index is -3.03. The van der Waals surface area contributed by atoms with Gasteiger partial charge in [0, 0.05) is 30.6 Å². The predicted octanol–water partition coefficient (Wildman–Crippen LogP) is 3.69. The average Bonchev–Trinajstić information content (AvgIpc) is 3.12. The molecular formula is C20H18F3N3O3. The van der Waals surface area contributed by atoms with Crippen LogP contribution >= 0.6 is 0 Å². The number of methoxy groups -OCH3 is 1. The van der Waals surface area contributed by atoms with Crippen LogP contribution in [0.1, 0.15) is 27.8 Å². The number of carbonyl (C=O) groups excluding carboxylic acids is 1. The molecule has 0 fully saturated rings. The summed E-state index contributed by atoms with van der Waals surface area (Å²) in [5.41, 5.74) is 0.360. The lowest BCUT2D eigenvalue weighted by Crippen LogP contribution is -2.31. The number of amides is 1. The molecule has 1 atom stereocenters. The van der Waals surface area contributed by atoms with Crippen LogP contribution in [-0.2, 0) is 7.05 Å². The zero-order valence-corrected chi connectivity index (χ0v) is 15.6. The Hall–Kier alpha value is -3.49. The number of benzene rings is 2. The number of hydrogen-bond donors (Lipinski definition) is 1. The molecule has 152 valence electrons. The van der Waals surface area contributed by atoms with Gasteiger partial charge < -0.3 is 19.4 Å². The van der Waals surface area contributed by atoms with Crippen LogP contribution in [0, 0.1) is 5.82 Å². The number of rotatable bonds is 7. The maximum atomic E-state index is 14.4. The van der Waals surface area contributed by atoms with E-state index < -0.39 is 24.4 Å². The number of nitrogens with zero attached hydrogens (tertiary/aromatic N) is 2. The van der Waals surface area contributed by atoms with E-state index in [1.165, 1.54) is 37.6 Å². The van der Waals surface area contributed by atoms with Gasteiger partial charge in [0.05, 0.1) is 7.11 Å². The molecule has 0 aliphatic carbocycles. The fourth-order valence-electron chi connectivity index (χ4n) is 2.86. The molecule has 6 nitrogen and oxygen atoms in total. The molecule has 1 unspecified atom stereocenters. The Labute approximate surface area is 164 Å². The number of alkyl halides is 2. The van der Waals surface area contributed by atoms with E-state index in [0.717, 1.165) is 0 Å². The quantitative estimate of drug-likeness (QED) is 0.651. The number of aromatic nitrogens is 2. The number of halogens is 3. The first kappa shape index (κ1) is 20.2. The van der Waals surface area contributed by atoms with Crippen molar-refractivity contribution >= 4 is 5.91 Å². The van der Waals surface area contributed by atoms with Crippen LogP contribution in [0.2, 0.25) is 0 Å². The molecule has 0 saturated carbocycles. The molecule has 0 spiro atoms. The van der Waals surface area contributed by atoms with Crippen molar-refractivity contribution in [1.29, 1.82) is 0 Å². The number of imidazole rings is 1. The highest BCUT2D eigenvalue weighted by atomic mass is 19.3. The maximum Gasteiger partial charge on any atom is 0.387 e. The first-order chi connectivity index (χ1) is 13.9. The predicted molar refractivity (Wildman–Crippen MR) is 98.5 cm³/mol. The Morgan fingerprint density at radius 1 is 1.17 bits per heavy atom. The molecule has 1 aromatic heterocycles. The smallest absolute Gasteiger partial charge is 0.387 e. The third-order valence-corrected chi connectivity index (χ3v) is 4.25. The van der Waals surface area contributed by atoms with Crippen molar-refractivity contribution < 1.29 is 27.4 Å². The van der Waals surface area contributed by atoms with Gasteiger partial charge >= 0.3 is 6.61 Å². The van der Waals surface area contributed by atoms with E-state index >= 15 is 0 Å². The summed E-state index contributed by atoms with van der Waals surface area (Å²) in [4.78, 5) is 17.0. The largest absolute Gasteiger partial charge is 0.493 e. The minimum Gasteiger partial charge on any atom is -0.493 e. The Morgan fingerprint density at radius 3 is 2.55 bits per heavy atom. The molecule has 0 bridgehead atoms. The molecule has 1 N–H and O–H groups in total. The third kappa shape index (κ3) is 4.50. The molecule has 0 aliphatic rings. The van der Waals surface area contributed by atoms with Gasteiger partial charge in [-0.3, -0.25) is 4.79 Å². The first-order valence-corrected chi connectivity index (χ1v) is 8.56. The summed E-state index contributed by atoms with van der Waals surface area (Å²) in [6, 6.07) is 8.95. The number of hydrogen-bond acceptors (Lipinski definition) is 4. The second kappa shape index (κ2) is 8.68. The van der Waals surface area contributed by atoms with E-state index in [1.54, 1.807) is 36.0 Å². The van der Waals surface area contributed by atoms with E-state index in [0.29, 0.717) is 5.82 Å². The van der Waals surface area contributed by atoms with E-state index in [2.05, 4.69) is 15.0 Å². The Morgan fingerprint density at radius 2 is 1.93 bits per heavy atom. The topological polar surface area (TPSA) is 65.4 Å². The summed E-state index contributed by atoms with van der Waals surface area (Å²) >= 11 is 0. The van der Waals surface area contributed by atoms with Gasteiger partial charge in [0.25, 0.3) is 5.91 Å². The lowest BCUT2D eigenvalue weighted by molar-refractivity contribution is -0.0512. The van der Waals surface area contributed by atoms with Gasteiger partial charge in [-0.05, 0) is 24.3 Å². The Bertz CT molecular complexity index is 1010. The van der Waals surface area contributed by atoms with Crippen LogP contribution < -0.4 is 14.8 Å². The standard InChI is InChI=1S/C20H18F3N3O3/c1-26-10-9-24-18(26)17(13-5-3-4-6-14(13)21)25-19(27)12-7-8-15(29-20(22)23)16(11-12)28-2/h3-11,17,20H,1-2H3,(H,25,27). The number of ether oxygens (including phenoxy) is 2. The normalized spacial score (nSPS) is 11.9. The van der Waals surface area contributed by atoms with Crippen molar-refractivity contribution in [1.82, 2.24) is 14.9 Å². The minimum absolute atomic E-state index is 0.0302. The van der Waals surface area contributed by atoms with Crippen molar-refractivity contribution in [3.63, 3.8) is 0 Å². The van der Waals surface area contributed by atoms with Gasteiger partial charge in [-0.25, -0.2) is 9.37 Å². The van der Waals surface area contributed by atoms with Gasteiger partial charge in [-0.15, -0.1) is 0 Å². The molecule has 29 heavy (non-hydrogen) atoms. The van der Waals surface area contributed by atoms with Gasteiger partial charge in [0.2, 0.25) is 0 Å². The molecule has 0 saturated heterocycles. The summed E-state index contributed by atoms with van der Waals surface area (Å²) < 4.78 is 50.4. The highest BCUT2D eigenvalue weighted by Gasteiger charge is 2.24. The summed E-state index contributed by atoms with van der Waals surface area (Å²) in [6.45, 7) is -3.03. The zero-order chi connectivity index (χ0) is 21.0. The van der Waals surface area contributed by atoms with Crippen LogP contribution in [0.15, 0.2) is 54.9 Å². The molecule has 3 rings (SSSR count). The van der Waals surface area contributed by atoms with Crippen molar-refractivity contribution in [2.45, 2.75) is 12.7 Å². The molecule has 0 radical (unpaired) electrons. The van der Waals surface area contributed by atoms with Crippen LogP contribution in [0.25, 0.3) is 0 Å². The van der Waals surface area contributed by atoms with Gasteiger partial charge in [-0.2, -0.15) is 8.78 Å². The molecule has 1 amide bonds. The number of aryl methyl sites for hydroxylation is 1. The van der Waals surface area contributed by atoms with Crippen molar-refractivity contribution in [2.24, 2.45) is 7.05 Å². The average molecular weight is 405 g/mol. The highest BCUT2D eigenvalue weighted by molar-refractivity contribution is 5.95. The number of carbonyl (C=O) groups is 1. The lowest BCUT2D eigenvalue weighted by Gasteiger charge is -2.20. The molecule has 2 aromatic carbocycles. The van der Waals surface area contributed by atoms with E-state index in [-0.39, 0.29) is 22.6 Å². The summed E-state index contributed by atoms with van der Waals surface area (Å²) in [6.07, 6.45) is 3.21. The molecule has 9 heteroatoms. The van der Waals surface area contributed by atoms with Gasteiger partial charge in [0.1, 0.15) is 17.7 Å². The molecule has 3 aromatic rings. The molecule has 0 aliphatic heterocycles. The second-order valence-corrected chi connectivity index (χ2v) is 6.07. The summed E-state index contributed by atoms with van der Waals surface area (Å²) in [7, 11) is 2.99. The van der Waals surface area contributed by atoms with Gasteiger partial charge in [0.15, 0.2) is 11.5 Å². The van der Waals surface area contributed by atoms with E-state index in [1.807, 2.05) is 0 Å². The zero-order valence-electron chi connectivity index (χ0n) is 15.6. The maximum absolute atomic E-state index is 14.4. The van der Waals surface area contributed by atoms with Crippen molar-refractivity contribution in [3.05, 3.63) is 77.6 Å². The highest BCUT2D eigenvalue weighted by Crippen LogP contribution is 2.30. The lowest BCUT2D eigenvalue weighted by atomic mass is 10.0. The summed E-state index contributed by atoms with van der Waals surface area (Å²) in [5, 5.41) is 2.74.